The predicted octanol–water partition coefficient (Wildman–Crippen LogP) is 2.48. The maximum Gasteiger partial charge on any atom is 0.136 e. The van der Waals surface area contributed by atoms with Gasteiger partial charge < -0.3 is 5.32 Å². The Balaban J connectivity index is 2.53. The van der Waals surface area contributed by atoms with Crippen LogP contribution in [0.1, 0.15) is 39.9 Å². The summed E-state index contributed by atoms with van der Waals surface area (Å²) >= 11 is 0. The van der Waals surface area contributed by atoms with E-state index in [-0.39, 0.29) is 5.41 Å². The van der Waals surface area contributed by atoms with Gasteiger partial charge in [0.1, 0.15) is 17.3 Å². The number of rotatable bonds is 4. The van der Waals surface area contributed by atoms with Crippen molar-refractivity contribution >= 4 is 5.82 Å². The lowest BCUT2D eigenvalue weighted by molar-refractivity contribution is 0.545. The Bertz CT molecular complexity index is 582. The van der Waals surface area contributed by atoms with Crippen LogP contribution in [0, 0.1) is 0 Å². The minimum atomic E-state index is -0.107. The fourth-order valence-corrected chi connectivity index (χ4v) is 1.87. The standard InChI is InChI=1S/C14H22N6/c1-6-7-20-11(9-16-19-20)10-8-12(15-5)18-13(17-10)14(2,3)4/h8-9H,6-7H2,1-5H3,(H,15,17,18). The highest BCUT2D eigenvalue weighted by Crippen LogP contribution is 2.25. The van der Waals surface area contributed by atoms with Gasteiger partial charge in [-0.3, -0.25) is 0 Å². The molecule has 20 heavy (non-hydrogen) atoms. The van der Waals surface area contributed by atoms with Crippen molar-refractivity contribution in [2.75, 3.05) is 12.4 Å². The van der Waals surface area contributed by atoms with Gasteiger partial charge in [-0.1, -0.05) is 32.9 Å². The van der Waals surface area contributed by atoms with Crippen molar-refractivity contribution in [3.05, 3.63) is 18.1 Å². The van der Waals surface area contributed by atoms with Gasteiger partial charge in [-0.2, -0.15) is 0 Å². The molecule has 1 N–H and O–H groups in total. The van der Waals surface area contributed by atoms with Gasteiger partial charge in [-0.15, -0.1) is 5.10 Å². The van der Waals surface area contributed by atoms with Crippen LogP contribution in [0.3, 0.4) is 0 Å². The molecule has 0 radical (unpaired) electrons. The van der Waals surface area contributed by atoms with E-state index in [4.69, 9.17) is 0 Å². The smallest absolute Gasteiger partial charge is 0.136 e. The quantitative estimate of drug-likeness (QED) is 0.927. The summed E-state index contributed by atoms with van der Waals surface area (Å²) in [7, 11) is 1.86. The summed E-state index contributed by atoms with van der Waals surface area (Å²) in [6, 6.07) is 1.93. The molecule has 0 bridgehead atoms. The predicted molar refractivity (Wildman–Crippen MR) is 79.6 cm³/mol. The molecule has 2 aromatic rings. The van der Waals surface area contributed by atoms with E-state index in [2.05, 4.69) is 53.3 Å². The van der Waals surface area contributed by atoms with Crippen LogP contribution in [-0.4, -0.2) is 32.0 Å². The molecular weight excluding hydrogens is 252 g/mol. The van der Waals surface area contributed by atoms with Gasteiger partial charge in [0.25, 0.3) is 0 Å². The lowest BCUT2D eigenvalue weighted by Crippen LogP contribution is -2.17. The van der Waals surface area contributed by atoms with E-state index >= 15 is 0 Å². The monoisotopic (exact) mass is 274 g/mol. The van der Waals surface area contributed by atoms with Crippen molar-refractivity contribution in [3.63, 3.8) is 0 Å². The topological polar surface area (TPSA) is 68.5 Å². The zero-order chi connectivity index (χ0) is 14.8. The summed E-state index contributed by atoms with van der Waals surface area (Å²) in [5, 5.41) is 11.2. The Kier molecular flexibility index (Phi) is 4.01. The summed E-state index contributed by atoms with van der Waals surface area (Å²) in [6.45, 7) is 9.26. The van der Waals surface area contributed by atoms with Crippen LogP contribution < -0.4 is 5.32 Å². The van der Waals surface area contributed by atoms with E-state index in [9.17, 15) is 0 Å². The molecule has 0 atom stereocenters. The summed E-state index contributed by atoms with van der Waals surface area (Å²) in [5.41, 5.74) is 1.67. The van der Waals surface area contributed by atoms with Gasteiger partial charge in [-0.05, 0) is 6.42 Å². The molecule has 2 rings (SSSR count). The second-order valence-corrected chi connectivity index (χ2v) is 5.80. The first kappa shape index (κ1) is 14.4. The highest BCUT2D eigenvalue weighted by molar-refractivity contribution is 5.58. The summed E-state index contributed by atoms with van der Waals surface area (Å²) < 4.78 is 1.88. The highest BCUT2D eigenvalue weighted by Gasteiger charge is 2.20. The molecule has 2 aromatic heterocycles. The van der Waals surface area contributed by atoms with Crippen LogP contribution in [0.2, 0.25) is 0 Å². The normalized spacial score (nSPS) is 11.7. The van der Waals surface area contributed by atoms with Crippen molar-refractivity contribution in [2.45, 2.75) is 46.1 Å². The van der Waals surface area contributed by atoms with Crippen molar-refractivity contribution in [1.82, 2.24) is 25.0 Å². The summed E-state index contributed by atoms with van der Waals surface area (Å²) in [6.07, 6.45) is 2.76. The molecule has 6 nitrogen and oxygen atoms in total. The lowest BCUT2D eigenvalue weighted by atomic mass is 9.95. The SMILES string of the molecule is CCCn1nncc1-c1cc(NC)nc(C(C)(C)C)n1. The highest BCUT2D eigenvalue weighted by atomic mass is 15.4. The second-order valence-electron chi connectivity index (χ2n) is 5.80. The third kappa shape index (κ3) is 2.95. The Morgan fingerprint density at radius 3 is 2.60 bits per heavy atom. The van der Waals surface area contributed by atoms with Crippen molar-refractivity contribution in [1.29, 1.82) is 0 Å². The molecule has 0 aromatic carbocycles. The van der Waals surface area contributed by atoms with E-state index in [0.717, 1.165) is 36.0 Å². The van der Waals surface area contributed by atoms with Crippen LogP contribution in [0.4, 0.5) is 5.82 Å². The fourth-order valence-electron chi connectivity index (χ4n) is 1.87. The maximum atomic E-state index is 4.69. The maximum absolute atomic E-state index is 4.69. The second kappa shape index (κ2) is 5.56. The van der Waals surface area contributed by atoms with Gasteiger partial charge in [0, 0.05) is 25.1 Å². The van der Waals surface area contributed by atoms with Crippen molar-refractivity contribution in [2.24, 2.45) is 0 Å². The van der Waals surface area contributed by atoms with Crippen molar-refractivity contribution < 1.29 is 0 Å². The first-order valence-corrected chi connectivity index (χ1v) is 6.92. The Hall–Kier alpha value is -1.98. The molecule has 0 aliphatic rings. The average molecular weight is 274 g/mol. The zero-order valence-corrected chi connectivity index (χ0v) is 12.8. The molecule has 2 heterocycles. The molecule has 0 fully saturated rings. The van der Waals surface area contributed by atoms with Crippen molar-refractivity contribution in [3.8, 4) is 11.4 Å². The number of nitrogens with one attached hydrogen (secondary N) is 1. The van der Waals surface area contributed by atoms with E-state index in [0.29, 0.717) is 0 Å². The molecule has 0 saturated heterocycles. The molecule has 0 aliphatic carbocycles. The Morgan fingerprint density at radius 2 is 2.00 bits per heavy atom. The number of anilines is 1. The molecule has 0 spiro atoms. The third-order valence-corrected chi connectivity index (χ3v) is 2.97. The Morgan fingerprint density at radius 1 is 1.25 bits per heavy atom. The summed E-state index contributed by atoms with van der Waals surface area (Å²) in [4.78, 5) is 9.22. The average Bonchev–Trinajstić information content (AvgIpc) is 2.86. The van der Waals surface area contributed by atoms with Crippen LogP contribution in [0.25, 0.3) is 11.4 Å². The fraction of sp³-hybridized carbons (Fsp3) is 0.571. The first-order valence-electron chi connectivity index (χ1n) is 6.92. The van der Waals surface area contributed by atoms with E-state index in [1.807, 2.05) is 17.8 Å². The zero-order valence-electron chi connectivity index (χ0n) is 12.8. The molecule has 0 saturated carbocycles. The van der Waals surface area contributed by atoms with Crippen LogP contribution in [0.5, 0.6) is 0 Å². The van der Waals surface area contributed by atoms with Gasteiger partial charge in [-0.25, -0.2) is 14.6 Å². The van der Waals surface area contributed by atoms with E-state index in [1.165, 1.54) is 0 Å². The molecule has 6 heteroatoms. The molecule has 0 amide bonds. The number of hydrogen-bond acceptors (Lipinski definition) is 5. The van der Waals surface area contributed by atoms with Crippen LogP contribution in [0.15, 0.2) is 12.3 Å². The van der Waals surface area contributed by atoms with Crippen LogP contribution in [-0.2, 0) is 12.0 Å². The first-order chi connectivity index (χ1) is 9.45. The number of nitrogens with zero attached hydrogens (tertiary/aromatic N) is 5. The number of aryl methyl sites for hydroxylation is 1. The molecule has 0 unspecified atom stereocenters. The molecule has 108 valence electrons. The largest absolute Gasteiger partial charge is 0.373 e. The van der Waals surface area contributed by atoms with E-state index < -0.39 is 0 Å². The minimum Gasteiger partial charge on any atom is -0.373 e. The lowest BCUT2D eigenvalue weighted by Gasteiger charge is -2.18. The van der Waals surface area contributed by atoms with Crippen LogP contribution >= 0.6 is 0 Å². The molecule has 0 aliphatic heterocycles. The minimum absolute atomic E-state index is 0.107. The van der Waals surface area contributed by atoms with Gasteiger partial charge >= 0.3 is 0 Å². The number of hydrogen-bond donors (Lipinski definition) is 1. The number of aromatic nitrogens is 5. The van der Waals surface area contributed by atoms with Gasteiger partial charge in [0.2, 0.25) is 0 Å². The van der Waals surface area contributed by atoms with E-state index in [1.54, 1.807) is 6.20 Å². The Labute approximate surface area is 119 Å². The molecular formula is C14H22N6. The van der Waals surface area contributed by atoms with Gasteiger partial charge in [0.05, 0.1) is 11.9 Å². The summed E-state index contributed by atoms with van der Waals surface area (Å²) in [5.74, 6) is 1.62. The van der Waals surface area contributed by atoms with Gasteiger partial charge in [0.15, 0.2) is 0 Å². The third-order valence-electron chi connectivity index (χ3n) is 2.97.